The molecule has 2 N–H and O–H groups in total. The van der Waals surface area contributed by atoms with Gasteiger partial charge in [-0.25, -0.2) is 0 Å². The summed E-state index contributed by atoms with van der Waals surface area (Å²) in [4.78, 5) is 12.6. The molecule has 1 amide bonds. The first-order valence-corrected chi connectivity index (χ1v) is 8.15. The fourth-order valence-corrected chi connectivity index (χ4v) is 3.52. The lowest BCUT2D eigenvalue weighted by Crippen LogP contribution is -2.40. The Balaban J connectivity index is 2.10. The van der Waals surface area contributed by atoms with E-state index in [2.05, 4.69) is 24.5 Å². The van der Waals surface area contributed by atoms with Gasteiger partial charge < -0.3 is 10.6 Å². The number of nitrogens with one attached hydrogen (secondary N) is 2. The van der Waals surface area contributed by atoms with Crippen LogP contribution < -0.4 is 10.6 Å². The summed E-state index contributed by atoms with van der Waals surface area (Å²) >= 11 is 0. The van der Waals surface area contributed by atoms with Crippen molar-refractivity contribution in [2.45, 2.75) is 53.0 Å². The van der Waals surface area contributed by atoms with Gasteiger partial charge in [-0.2, -0.15) is 0 Å². The van der Waals surface area contributed by atoms with E-state index in [1.54, 1.807) is 0 Å². The van der Waals surface area contributed by atoms with Crippen LogP contribution in [0.25, 0.3) is 0 Å². The van der Waals surface area contributed by atoms with E-state index in [4.69, 9.17) is 0 Å². The van der Waals surface area contributed by atoms with Crippen LogP contribution in [-0.2, 0) is 0 Å². The van der Waals surface area contributed by atoms with E-state index in [9.17, 15) is 4.79 Å². The van der Waals surface area contributed by atoms with E-state index >= 15 is 0 Å². The summed E-state index contributed by atoms with van der Waals surface area (Å²) in [6.07, 6.45) is 3.47. The fourth-order valence-electron chi connectivity index (χ4n) is 3.52. The molecule has 21 heavy (non-hydrogen) atoms. The van der Waals surface area contributed by atoms with Gasteiger partial charge in [0.2, 0.25) is 0 Å². The molecule has 116 valence electrons. The fraction of sp³-hybridized carbons (Fsp3) is 0.611. The maximum Gasteiger partial charge on any atom is 0.253 e. The van der Waals surface area contributed by atoms with Gasteiger partial charge in [0.05, 0.1) is 5.56 Å². The van der Waals surface area contributed by atoms with E-state index in [0.29, 0.717) is 17.9 Å². The average molecular weight is 288 g/mol. The molecule has 0 spiro atoms. The van der Waals surface area contributed by atoms with Crippen molar-refractivity contribution >= 4 is 11.6 Å². The van der Waals surface area contributed by atoms with Crippen molar-refractivity contribution in [3.63, 3.8) is 0 Å². The molecule has 1 aromatic rings. The van der Waals surface area contributed by atoms with Crippen molar-refractivity contribution in [2.75, 3.05) is 11.9 Å². The molecule has 1 aromatic carbocycles. The van der Waals surface area contributed by atoms with Gasteiger partial charge in [-0.05, 0) is 57.1 Å². The summed E-state index contributed by atoms with van der Waals surface area (Å²) in [6.45, 7) is 9.46. The summed E-state index contributed by atoms with van der Waals surface area (Å²) in [7, 11) is 0. The molecule has 3 heteroatoms. The highest BCUT2D eigenvalue weighted by Gasteiger charge is 2.25. The molecule has 0 aliphatic heterocycles. The van der Waals surface area contributed by atoms with Gasteiger partial charge in [0.15, 0.2) is 0 Å². The van der Waals surface area contributed by atoms with Gasteiger partial charge in [-0.15, -0.1) is 0 Å². The van der Waals surface area contributed by atoms with Crippen LogP contribution in [0.2, 0.25) is 0 Å². The Bertz CT molecular complexity index is 488. The molecule has 2 rings (SSSR count). The normalized spacial score (nSPS) is 25.4. The topological polar surface area (TPSA) is 41.1 Å². The van der Waals surface area contributed by atoms with Crippen LogP contribution >= 0.6 is 0 Å². The molecule has 0 aromatic heterocycles. The monoisotopic (exact) mass is 288 g/mol. The molecule has 0 bridgehead atoms. The lowest BCUT2D eigenvalue weighted by Gasteiger charge is -2.32. The molecule has 0 heterocycles. The number of benzene rings is 1. The van der Waals surface area contributed by atoms with E-state index < -0.39 is 0 Å². The quantitative estimate of drug-likeness (QED) is 0.880. The molecule has 0 radical (unpaired) electrons. The summed E-state index contributed by atoms with van der Waals surface area (Å²) < 4.78 is 0. The van der Waals surface area contributed by atoms with Gasteiger partial charge in [-0.1, -0.05) is 25.5 Å². The number of hydrogen-bond donors (Lipinski definition) is 2. The van der Waals surface area contributed by atoms with Crippen LogP contribution in [0.5, 0.6) is 0 Å². The van der Waals surface area contributed by atoms with Crippen molar-refractivity contribution in [1.82, 2.24) is 5.32 Å². The zero-order chi connectivity index (χ0) is 15.4. The molecule has 1 fully saturated rings. The Morgan fingerprint density at radius 3 is 2.48 bits per heavy atom. The molecule has 2 unspecified atom stereocenters. The number of rotatable bonds is 4. The minimum atomic E-state index is 0.0564. The number of aryl methyl sites for hydroxylation is 1. The SMILES string of the molecule is CCNc1ccc(C)cc1C(=O)NC1CC(C)CC(C)C1. The molecule has 1 aliphatic rings. The molecule has 3 nitrogen and oxygen atoms in total. The minimum Gasteiger partial charge on any atom is -0.385 e. The van der Waals surface area contributed by atoms with Crippen LogP contribution in [0.3, 0.4) is 0 Å². The molecule has 2 atom stereocenters. The van der Waals surface area contributed by atoms with Gasteiger partial charge >= 0.3 is 0 Å². The van der Waals surface area contributed by atoms with E-state index in [1.807, 2.05) is 32.0 Å². The second kappa shape index (κ2) is 6.97. The molecule has 0 saturated heterocycles. The van der Waals surface area contributed by atoms with Crippen molar-refractivity contribution in [3.8, 4) is 0 Å². The van der Waals surface area contributed by atoms with E-state index in [0.717, 1.165) is 36.2 Å². The Labute approximate surface area is 128 Å². The lowest BCUT2D eigenvalue weighted by molar-refractivity contribution is 0.0912. The molecule has 1 saturated carbocycles. The van der Waals surface area contributed by atoms with E-state index in [1.165, 1.54) is 6.42 Å². The average Bonchev–Trinajstić information content (AvgIpc) is 2.39. The molecular weight excluding hydrogens is 260 g/mol. The van der Waals surface area contributed by atoms with Crippen molar-refractivity contribution in [3.05, 3.63) is 29.3 Å². The third-order valence-corrected chi connectivity index (χ3v) is 4.30. The number of carbonyl (C=O) groups excluding carboxylic acids is 1. The van der Waals surface area contributed by atoms with Gasteiger partial charge in [-0.3, -0.25) is 4.79 Å². The molecule has 1 aliphatic carbocycles. The standard InChI is InChI=1S/C18H28N2O/c1-5-19-17-7-6-12(2)11-16(17)18(21)20-15-9-13(3)8-14(4)10-15/h6-7,11,13-15,19H,5,8-10H2,1-4H3,(H,20,21). The maximum atomic E-state index is 12.6. The van der Waals surface area contributed by atoms with Crippen LogP contribution in [0.4, 0.5) is 5.69 Å². The maximum absolute atomic E-state index is 12.6. The van der Waals surface area contributed by atoms with Crippen LogP contribution in [0, 0.1) is 18.8 Å². The Kier molecular flexibility index (Phi) is 5.27. The van der Waals surface area contributed by atoms with Crippen molar-refractivity contribution in [2.24, 2.45) is 11.8 Å². The largest absolute Gasteiger partial charge is 0.385 e. The summed E-state index contributed by atoms with van der Waals surface area (Å²) in [5.41, 5.74) is 2.81. The highest BCUT2D eigenvalue weighted by atomic mass is 16.1. The number of amides is 1. The lowest BCUT2D eigenvalue weighted by atomic mass is 9.80. The third-order valence-electron chi connectivity index (χ3n) is 4.30. The van der Waals surface area contributed by atoms with Crippen molar-refractivity contribution < 1.29 is 4.79 Å². The predicted octanol–water partition coefficient (Wildman–Crippen LogP) is 3.98. The Morgan fingerprint density at radius 1 is 1.19 bits per heavy atom. The zero-order valence-electron chi connectivity index (χ0n) is 13.7. The first kappa shape index (κ1) is 15.9. The third kappa shape index (κ3) is 4.23. The summed E-state index contributed by atoms with van der Waals surface area (Å²) in [5, 5.41) is 6.52. The van der Waals surface area contributed by atoms with Gasteiger partial charge in [0, 0.05) is 18.3 Å². The minimum absolute atomic E-state index is 0.0564. The van der Waals surface area contributed by atoms with Crippen LogP contribution in [0.1, 0.15) is 56.0 Å². The predicted molar refractivity (Wildman–Crippen MR) is 88.8 cm³/mol. The Hall–Kier alpha value is -1.51. The zero-order valence-corrected chi connectivity index (χ0v) is 13.7. The Morgan fingerprint density at radius 2 is 1.86 bits per heavy atom. The van der Waals surface area contributed by atoms with E-state index in [-0.39, 0.29) is 5.91 Å². The smallest absolute Gasteiger partial charge is 0.253 e. The van der Waals surface area contributed by atoms with Crippen molar-refractivity contribution in [1.29, 1.82) is 0 Å². The highest BCUT2D eigenvalue weighted by Crippen LogP contribution is 2.29. The highest BCUT2D eigenvalue weighted by molar-refractivity contribution is 6.00. The first-order chi connectivity index (χ1) is 9.99. The summed E-state index contributed by atoms with van der Waals surface area (Å²) in [6, 6.07) is 6.33. The van der Waals surface area contributed by atoms with Gasteiger partial charge in [0.1, 0.15) is 0 Å². The number of carbonyl (C=O) groups is 1. The summed E-state index contributed by atoms with van der Waals surface area (Å²) in [5.74, 6) is 1.45. The molecular formula is C18H28N2O. The first-order valence-electron chi connectivity index (χ1n) is 8.15. The second-order valence-corrected chi connectivity index (χ2v) is 6.67. The van der Waals surface area contributed by atoms with Crippen LogP contribution in [-0.4, -0.2) is 18.5 Å². The van der Waals surface area contributed by atoms with Crippen LogP contribution in [0.15, 0.2) is 18.2 Å². The number of hydrogen-bond acceptors (Lipinski definition) is 2. The number of anilines is 1. The second-order valence-electron chi connectivity index (χ2n) is 6.67. The van der Waals surface area contributed by atoms with Gasteiger partial charge in [0.25, 0.3) is 5.91 Å².